The predicted molar refractivity (Wildman–Crippen MR) is 64.1 cm³/mol. The molecule has 2 heteroatoms. The van der Waals surface area contributed by atoms with E-state index in [4.69, 9.17) is 4.74 Å². The van der Waals surface area contributed by atoms with Crippen LogP contribution in [0, 0.1) is 0 Å². The Kier molecular flexibility index (Phi) is 4.30. The SMILES string of the molecule is CC1(C)COCc2ccccc21.CNC. The van der Waals surface area contributed by atoms with Crippen LogP contribution < -0.4 is 5.32 Å². The topological polar surface area (TPSA) is 21.3 Å². The molecule has 1 N–H and O–H groups in total. The second-order valence-electron chi connectivity index (χ2n) is 4.53. The third-order valence-corrected chi connectivity index (χ3v) is 2.47. The van der Waals surface area contributed by atoms with Crippen LogP contribution in [0.3, 0.4) is 0 Å². The highest BCUT2D eigenvalue weighted by Crippen LogP contribution is 2.31. The Balaban J connectivity index is 0.000000337. The molecule has 0 saturated heterocycles. The van der Waals surface area contributed by atoms with Gasteiger partial charge in [-0.25, -0.2) is 0 Å². The summed E-state index contributed by atoms with van der Waals surface area (Å²) in [4.78, 5) is 0. The van der Waals surface area contributed by atoms with Crippen molar-refractivity contribution in [1.82, 2.24) is 5.32 Å². The first-order valence-corrected chi connectivity index (χ1v) is 5.36. The molecule has 1 aliphatic rings. The van der Waals surface area contributed by atoms with Crippen LogP contribution in [0.25, 0.3) is 0 Å². The highest BCUT2D eigenvalue weighted by molar-refractivity contribution is 5.34. The summed E-state index contributed by atoms with van der Waals surface area (Å²) in [5, 5.41) is 2.75. The van der Waals surface area contributed by atoms with Gasteiger partial charge < -0.3 is 10.1 Å². The van der Waals surface area contributed by atoms with Crippen molar-refractivity contribution in [2.45, 2.75) is 25.9 Å². The van der Waals surface area contributed by atoms with Crippen LogP contribution in [0.4, 0.5) is 0 Å². The zero-order valence-corrected chi connectivity index (χ0v) is 10.1. The van der Waals surface area contributed by atoms with Gasteiger partial charge in [0.1, 0.15) is 0 Å². The molecule has 15 heavy (non-hydrogen) atoms. The summed E-state index contributed by atoms with van der Waals surface area (Å²) in [6, 6.07) is 8.53. The minimum atomic E-state index is 0.189. The molecule has 0 unspecified atom stereocenters. The average Bonchev–Trinajstić information content (AvgIpc) is 2.19. The molecule has 0 spiro atoms. The van der Waals surface area contributed by atoms with Gasteiger partial charge in [0.25, 0.3) is 0 Å². The van der Waals surface area contributed by atoms with Crippen molar-refractivity contribution in [3.63, 3.8) is 0 Å². The monoisotopic (exact) mass is 207 g/mol. The fraction of sp³-hybridized carbons (Fsp3) is 0.538. The maximum Gasteiger partial charge on any atom is 0.0720 e. The number of hydrogen-bond acceptors (Lipinski definition) is 2. The van der Waals surface area contributed by atoms with Gasteiger partial charge in [-0.1, -0.05) is 38.1 Å². The largest absolute Gasteiger partial charge is 0.376 e. The van der Waals surface area contributed by atoms with Gasteiger partial charge in [0.05, 0.1) is 13.2 Å². The number of fused-ring (bicyclic) bond motifs is 1. The lowest BCUT2D eigenvalue weighted by Gasteiger charge is -2.32. The van der Waals surface area contributed by atoms with Gasteiger partial charge in [-0.05, 0) is 25.2 Å². The maximum absolute atomic E-state index is 5.51. The van der Waals surface area contributed by atoms with E-state index in [-0.39, 0.29) is 5.41 Å². The Hall–Kier alpha value is -0.860. The molecule has 1 aromatic rings. The van der Waals surface area contributed by atoms with Crippen molar-refractivity contribution in [1.29, 1.82) is 0 Å². The van der Waals surface area contributed by atoms with Crippen molar-refractivity contribution >= 4 is 0 Å². The number of nitrogens with one attached hydrogen (secondary N) is 1. The fourth-order valence-electron chi connectivity index (χ4n) is 1.80. The Labute approximate surface area is 92.6 Å². The van der Waals surface area contributed by atoms with Gasteiger partial charge in [-0.2, -0.15) is 0 Å². The normalized spacial score (nSPS) is 17.3. The van der Waals surface area contributed by atoms with Gasteiger partial charge in [0.2, 0.25) is 0 Å². The van der Waals surface area contributed by atoms with Gasteiger partial charge in [-0.15, -0.1) is 0 Å². The van der Waals surface area contributed by atoms with Crippen molar-refractivity contribution in [3.05, 3.63) is 35.4 Å². The van der Waals surface area contributed by atoms with Crippen LogP contribution in [0.15, 0.2) is 24.3 Å². The molecular weight excluding hydrogens is 186 g/mol. The van der Waals surface area contributed by atoms with Crippen LogP contribution in [-0.2, 0) is 16.8 Å². The first-order valence-electron chi connectivity index (χ1n) is 5.36. The Bertz CT molecular complexity index is 307. The molecule has 0 fully saturated rings. The molecule has 1 aliphatic heterocycles. The van der Waals surface area contributed by atoms with Crippen molar-refractivity contribution < 1.29 is 4.74 Å². The van der Waals surface area contributed by atoms with Crippen LogP contribution in [0.1, 0.15) is 25.0 Å². The average molecular weight is 207 g/mol. The third kappa shape index (κ3) is 3.05. The van der Waals surface area contributed by atoms with E-state index in [1.165, 1.54) is 11.1 Å². The van der Waals surface area contributed by atoms with Gasteiger partial charge in [0.15, 0.2) is 0 Å². The van der Waals surface area contributed by atoms with Crippen molar-refractivity contribution in [2.75, 3.05) is 20.7 Å². The lowest BCUT2D eigenvalue weighted by Crippen LogP contribution is -2.30. The summed E-state index contributed by atoms with van der Waals surface area (Å²) in [6.45, 7) is 6.07. The van der Waals surface area contributed by atoms with E-state index in [1.54, 1.807) is 0 Å². The first-order chi connectivity index (χ1) is 7.11. The first kappa shape index (κ1) is 12.2. The quantitative estimate of drug-likeness (QED) is 0.705. The third-order valence-electron chi connectivity index (χ3n) is 2.47. The van der Waals surface area contributed by atoms with E-state index in [0.29, 0.717) is 0 Å². The molecular formula is C13H21NO. The molecule has 84 valence electrons. The van der Waals surface area contributed by atoms with Crippen LogP contribution in [-0.4, -0.2) is 20.7 Å². The molecule has 1 aromatic carbocycles. The van der Waals surface area contributed by atoms with Crippen LogP contribution >= 0.6 is 0 Å². The molecule has 0 saturated carbocycles. The minimum absolute atomic E-state index is 0.189. The second kappa shape index (κ2) is 5.29. The lowest BCUT2D eigenvalue weighted by molar-refractivity contribution is 0.0642. The number of hydrogen-bond donors (Lipinski definition) is 1. The summed E-state index contributed by atoms with van der Waals surface area (Å²) in [7, 11) is 3.75. The van der Waals surface area contributed by atoms with E-state index in [0.717, 1.165) is 13.2 Å². The van der Waals surface area contributed by atoms with Gasteiger partial charge in [0, 0.05) is 5.41 Å². The molecule has 0 amide bonds. The molecule has 2 nitrogen and oxygen atoms in total. The molecule has 0 radical (unpaired) electrons. The van der Waals surface area contributed by atoms with Crippen LogP contribution in [0.2, 0.25) is 0 Å². The van der Waals surface area contributed by atoms with Crippen molar-refractivity contribution in [3.8, 4) is 0 Å². The smallest absolute Gasteiger partial charge is 0.0720 e. The van der Waals surface area contributed by atoms with E-state index in [1.807, 2.05) is 14.1 Å². The number of benzene rings is 1. The highest BCUT2D eigenvalue weighted by atomic mass is 16.5. The van der Waals surface area contributed by atoms with E-state index in [9.17, 15) is 0 Å². The summed E-state index contributed by atoms with van der Waals surface area (Å²) in [5.41, 5.74) is 2.97. The summed E-state index contributed by atoms with van der Waals surface area (Å²) < 4.78 is 5.51. The molecule has 0 aromatic heterocycles. The minimum Gasteiger partial charge on any atom is -0.376 e. The molecule has 0 aliphatic carbocycles. The Morgan fingerprint density at radius 3 is 2.40 bits per heavy atom. The predicted octanol–water partition coefficient (Wildman–Crippen LogP) is 2.33. The highest BCUT2D eigenvalue weighted by Gasteiger charge is 2.27. The van der Waals surface area contributed by atoms with Crippen molar-refractivity contribution in [2.24, 2.45) is 0 Å². The Morgan fingerprint density at radius 1 is 1.20 bits per heavy atom. The standard InChI is InChI=1S/C11H14O.C2H7N/c1-11(2)8-12-7-9-5-3-4-6-10(9)11;1-3-2/h3-6H,7-8H2,1-2H3;3H,1-2H3. The van der Waals surface area contributed by atoms with E-state index < -0.39 is 0 Å². The maximum atomic E-state index is 5.51. The Morgan fingerprint density at radius 2 is 1.80 bits per heavy atom. The summed E-state index contributed by atoms with van der Waals surface area (Å²) in [5.74, 6) is 0. The van der Waals surface area contributed by atoms with E-state index >= 15 is 0 Å². The molecule has 0 bridgehead atoms. The second-order valence-corrected chi connectivity index (χ2v) is 4.53. The molecule has 0 atom stereocenters. The fourth-order valence-corrected chi connectivity index (χ4v) is 1.80. The van der Waals surface area contributed by atoms with Gasteiger partial charge >= 0.3 is 0 Å². The zero-order valence-electron chi connectivity index (χ0n) is 10.1. The number of rotatable bonds is 0. The van der Waals surface area contributed by atoms with E-state index in [2.05, 4.69) is 43.4 Å². The molecule has 1 heterocycles. The summed E-state index contributed by atoms with van der Waals surface area (Å²) >= 11 is 0. The zero-order chi connectivity index (χ0) is 11.3. The molecule has 2 rings (SSSR count). The van der Waals surface area contributed by atoms with Crippen LogP contribution in [0.5, 0.6) is 0 Å². The summed E-state index contributed by atoms with van der Waals surface area (Å²) in [6.07, 6.45) is 0. The van der Waals surface area contributed by atoms with Gasteiger partial charge in [-0.3, -0.25) is 0 Å². The number of ether oxygens (including phenoxy) is 1. The lowest BCUT2D eigenvalue weighted by atomic mass is 9.81.